The summed E-state index contributed by atoms with van der Waals surface area (Å²) >= 11 is 0. The number of ether oxygens (including phenoxy) is 2. The van der Waals surface area contributed by atoms with Gasteiger partial charge < -0.3 is 20.4 Å². The smallest absolute Gasteiger partial charge is 0.173 e. The van der Waals surface area contributed by atoms with E-state index >= 15 is 0 Å². The van der Waals surface area contributed by atoms with Gasteiger partial charge >= 0.3 is 0 Å². The number of hydrogen-bond acceptors (Lipinski definition) is 4. The third-order valence-corrected chi connectivity index (χ3v) is 3.10. The van der Waals surface area contributed by atoms with Gasteiger partial charge in [-0.3, -0.25) is 0 Å². The molecule has 1 saturated heterocycles. The number of hydrogen-bond donors (Lipinski definition) is 2. The number of benzene rings is 1. The number of nitrogens with two attached hydrogens (primary N) is 1. The normalized spacial score (nSPS) is 19.8. The monoisotopic (exact) mass is 268 g/mol. The van der Waals surface area contributed by atoms with E-state index in [0.717, 1.165) is 13.0 Å². The minimum atomic E-state index is -0.513. The van der Waals surface area contributed by atoms with Crippen molar-refractivity contribution in [1.29, 1.82) is 0 Å². The molecule has 5 nitrogen and oxygen atoms in total. The van der Waals surface area contributed by atoms with Crippen LogP contribution in [0.15, 0.2) is 23.4 Å². The van der Waals surface area contributed by atoms with E-state index < -0.39 is 5.82 Å². The Kier molecular flexibility index (Phi) is 4.70. The van der Waals surface area contributed by atoms with Gasteiger partial charge in [-0.05, 0) is 12.5 Å². The molecule has 0 aromatic heterocycles. The zero-order valence-corrected chi connectivity index (χ0v) is 10.5. The molecule has 1 atom stereocenters. The lowest BCUT2D eigenvalue weighted by atomic mass is 10.1. The molecule has 0 aliphatic carbocycles. The van der Waals surface area contributed by atoms with Crippen LogP contribution < -0.4 is 5.73 Å². The van der Waals surface area contributed by atoms with Crippen molar-refractivity contribution >= 4 is 5.84 Å². The molecule has 0 radical (unpaired) electrons. The van der Waals surface area contributed by atoms with Gasteiger partial charge in [0.25, 0.3) is 0 Å². The predicted molar refractivity (Wildman–Crippen MR) is 67.5 cm³/mol. The minimum absolute atomic E-state index is 0.0767. The molecule has 1 aromatic rings. The summed E-state index contributed by atoms with van der Waals surface area (Å²) in [6.45, 7) is 2.18. The first-order chi connectivity index (χ1) is 9.22. The van der Waals surface area contributed by atoms with Gasteiger partial charge in [0.2, 0.25) is 0 Å². The molecule has 3 N–H and O–H groups in total. The second-order valence-electron chi connectivity index (χ2n) is 4.51. The molecule has 1 aliphatic rings. The number of halogens is 1. The van der Waals surface area contributed by atoms with E-state index in [1.807, 2.05) is 0 Å². The van der Waals surface area contributed by atoms with Gasteiger partial charge in [0, 0.05) is 18.1 Å². The van der Waals surface area contributed by atoms with Crippen LogP contribution in [0.1, 0.15) is 17.5 Å². The summed E-state index contributed by atoms with van der Waals surface area (Å²) in [5.41, 5.74) is 5.86. The van der Waals surface area contributed by atoms with E-state index in [0.29, 0.717) is 24.7 Å². The van der Waals surface area contributed by atoms with E-state index in [2.05, 4.69) is 5.16 Å². The van der Waals surface area contributed by atoms with Gasteiger partial charge in [0.05, 0.1) is 25.4 Å². The molecule has 0 amide bonds. The zero-order valence-electron chi connectivity index (χ0n) is 10.5. The lowest BCUT2D eigenvalue weighted by Crippen LogP contribution is -2.16. The highest BCUT2D eigenvalue weighted by atomic mass is 19.1. The van der Waals surface area contributed by atoms with Crippen LogP contribution in [0.5, 0.6) is 0 Å². The first-order valence-electron chi connectivity index (χ1n) is 6.13. The minimum Gasteiger partial charge on any atom is -0.409 e. The molecular formula is C13H17FN2O3. The highest BCUT2D eigenvalue weighted by Gasteiger charge is 2.16. The fourth-order valence-corrected chi connectivity index (χ4v) is 1.99. The van der Waals surface area contributed by atoms with Crippen molar-refractivity contribution in [2.75, 3.05) is 19.8 Å². The fraction of sp³-hybridized carbons (Fsp3) is 0.462. The summed E-state index contributed by atoms with van der Waals surface area (Å²) in [4.78, 5) is 0. The molecule has 0 bridgehead atoms. The van der Waals surface area contributed by atoms with Crippen molar-refractivity contribution in [3.05, 3.63) is 35.1 Å². The van der Waals surface area contributed by atoms with Gasteiger partial charge in [-0.2, -0.15) is 0 Å². The number of amidine groups is 1. The van der Waals surface area contributed by atoms with Gasteiger partial charge in [-0.25, -0.2) is 4.39 Å². The van der Waals surface area contributed by atoms with Crippen LogP contribution in [0, 0.1) is 11.7 Å². The Bertz CT molecular complexity index is 459. The molecule has 0 spiro atoms. The average Bonchev–Trinajstić information content (AvgIpc) is 2.93. The summed E-state index contributed by atoms with van der Waals surface area (Å²) in [7, 11) is 0. The Hall–Kier alpha value is -1.66. The molecule has 1 unspecified atom stereocenters. The van der Waals surface area contributed by atoms with Crippen molar-refractivity contribution in [2.45, 2.75) is 13.0 Å². The largest absolute Gasteiger partial charge is 0.409 e. The zero-order chi connectivity index (χ0) is 13.7. The third kappa shape index (κ3) is 3.42. The molecule has 1 aromatic carbocycles. The number of oxime groups is 1. The first kappa shape index (κ1) is 13.8. The summed E-state index contributed by atoms with van der Waals surface area (Å²) < 4.78 is 24.8. The van der Waals surface area contributed by atoms with Crippen LogP contribution >= 0.6 is 0 Å². The third-order valence-electron chi connectivity index (χ3n) is 3.10. The highest BCUT2D eigenvalue weighted by molar-refractivity contribution is 5.97. The maximum atomic E-state index is 14.0. The van der Waals surface area contributed by atoms with Crippen LogP contribution in [0.4, 0.5) is 4.39 Å². The molecule has 6 heteroatoms. The van der Waals surface area contributed by atoms with Crippen LogP contribution in [0.25, 0.3) is 0 Å². The summed E-state index contributed by atoms with van der Waals surface area (Å²) in [6.07, 6.45) is 0.979. The Labute approximate surface area is 110 Å². The molecule has 1 fully saturated rings. The van der Waals surface area contributed by atoms with E-state index in [-0.39, 0.29) is 18.0 Å². The maximum Gasteiger partial charge on any atom is 0.173 e. The number of rotatable bonds is 5. The average molecular weight is 268 g/mol. The van der Waals surface area contributed by atoms with E-state index in [1.54, 1.807) is 12.1 Å². The van der Waals surface area contributed by atoms with Gasteiger partial charge in [-0.1, -0.05) is 17.3 Å². The summed E-state index contributed by atoms with van der Waals surface area (Å²) in [6, 6.07) is 4.72. The van der Waals surface area contributed by atoms with Crippen molar-refractivity contribution < 1.29 is 19.1 Å². The maximum absolute atomic E-state index is 14.0. The quantitative estimate of drug-likeness (QED) is 0.367. The summed E-state index contributed by atoms with van der Waals surface area (Å²) in [5, 5.41) is 11.4. The SMILES string of the molecule is N/C(=N/O)c1cccc(COCC2CCOC2)c1F. The van der Waals surface area contributed by atoms with Crippen molar-refractivity contribution in [2.24, 2.45) is 16.8 Å². The van der Waals surface area contributed by atoms with Crippen LogP contribution in [-0.2, 0) is 16.1 Å². The van der Waals surface area contributed by atoms with Crippen molar-refractivity contribution in [3.63, 3.8) is 0 Å². The van der Waals surface area contributed by atoms with Gasteiger partial charge in [-0.15, -0.1) is 0 Å². The van der Waals surface area contributed by atoms with Crippen LogP contribution in [0.2, 0.25) is 0 Å². The van der Waals surface area contributed by atoms with E-state index in [9.17, 15) is 4.39 Å². The Morgan fingerprint density at radius 1 is 1.58 bits per heavy atom. The lowest BCUT2D eigenvalue weighted by Gasteiger charge is -2.10. The topological polar surface area (TPSA) is 77.1 Å². The van der Waals surface area contributed by atoms with Gasteiger partial charge in [0.15, 0.2) is 5.84 Å². The Morgan fingerprint density at radius 3 is 3.11 bits per heavy atom. The molecular weight excluding hydrogens is 251 g/mol. The molecule has 2 rings (SSSR count). The molecule has 0 saturated carbocycles. The van der Waals surface area contributed by atoms with Crippen molar-refractivity contribution in [3.8, 4) is 0 Å². The molecule has 1 aliphatic heterocycles. The summed E-state index contributed by atoms with van der Waals surface area (Å²) in [5.74, 6) is -0.376. The van der Waals surface area contributed by atoms with Crippen LogP contribution in [0.3, 0.4) is 0 Å². The predicted octanol–water partition coefficient (Wildman–Crippen LogP) is 1.47. The molecule has 104 valence electrons. The van der Waals surface area contributed by atoms with Crippen molar-refractivity contribution in [1.82, 2.24) is 0 Å². The van der Waals surface area contributed by atoms with Crippen LogP contribution in [-0.4, -0.2) is 30.9 Å². The second-order valence-corrected chi connectivity index (χ2v) is 4.51. The standard InChI is InChI=1S/C13H17FN2O3/c14-12-10(2-1-3-11(12)13(15)16-17)8-19-7-9-4-5-18-6-9/h1-3,9,17H,4-8H2,(H2,15,16). The first-order valence-corrected chi connectivity index (χ1v) is 6.13. The molecule has 1 heterocycles. The van der Waals surface area contributed by atoms with E-state index in [4.69, 9.17) is 20.4 Å². The van der Waals surface area contributed by atoms with Gasteiger partial charge in [0.1, 0.15) is 5.82 Å². The fourth-order valence-electron chi connectivity index (χ4n) is 1.99. The van der Waals surface area contributed by atoms with E-state index in [1.165, 1.54) is 6.07 Å². The lowest BCUT2D eigenvalue weighted by molar-refractivity contribution is 0.0775. The Morgan fingerprint density at radius 2 is 2.42 bits per heavy atom. The molecule has 19 heavy (non-hydrogen) atoms. The second kappa shape index (κ2) is 6.49. The highest BCUT2D eigenvalue weighted by Crippen LogP contribution is 2.16. The number of nitrogens with zero attached hydrogens (tertiary/aromatic N) is 1. The Balaban J connectivity index is 1.96.